The van der Waals surface area contributed by atoms with Gasteiger partial charge in [0, 0.05) is 0 Å². The number of benzene rings is 1. The van der Waals surface area contributed by atoms with Crippen LogP contribution in [0.4, 0.5) is 4.39 Å². The first-order valence-electron chi connectivity index (χ1n) is 14.7. The summed E-state index contributed by atoms with van der Waals surface area (Å²) in [5.41, 5.74) is 0.937. The second-order valence-corrected chi connectivity index (χ2v) is 12.2. The molecular weight excluding hydrogens is 443 g/mol. The SMILES string of the molecule is CCCC1CCC(C2CCC(C3CCC(CCc4ccc(OCC)c(F)c4Cl)CC3)CC2)CC1. The standard InChI is InChI=1S/C31H48ClFO/c1-3-5-22-6-11-24(12-7-22)26-16-18-27(19-17-26)25-13-8-23(9-14-25)10-15-28-20-21-29(34-4-2)31(33)30(28)32/h20-27H,3-19H2,1-2H3. The monoisotopic (exact) mass is 490 g/mol. The normalized spacial score (nSPS) is 32.5. The predicted molar refractivity (Wildman–Crippen MR) is 142 cm³/mol. The summed E-state index contributed by atoms with van der Waals surface area (Å²) in [4.78, 5) is 0. The maximum atomic E-state index is 14.4. The van der Waals surface area contributed by atoms with Gasteiger partial charge in [0.1, 0.15) is 0 Å². The smallest absolute Gasteiger partial charge is 0.183 e. The highest BCUT2D eigenvalue weighted by atomic mass is 35.5. The first kappa shape index (κ1) is 26.3. The minimum atomic E-state index is -0.394. The van der Waals surface area contributed by atoms with Crippen molar-refractivity contribution in [2.75, 3.05) is 6.61 Å². The summed E-state index contributed by atoms with van der Waals surface area (Å²) in [6, 6.07) is 3.70. The maximum absolute atomic E-state index is 14.4. The number of hydrogen-bond acceptors (Lipinski definition) is 1. The van der Waals surface area contributed by atoms with E-state index in [9.17, 15) is 4.39 Å². The Morgan fingerprint density at radius 3 is 1.68 bits per heavy atom. The fraction of sp³-hybridized carbons (Fsp3) is 0.806. The molecule has 0 aliphatic heterocycles. The lowest BCUT2D eigenvalue weighted by Crippen LogP contribution is -2.29. The van der Waals surface area contributed by atoms with E-state index < -0.39 is 5.82 Å². The molecule has 0 bridgehead atoms. The topological polar surface area (TPSA) is 9.23 Å². The minimum Gasteiger partial charge on any atom is -0.491 e. The zero-order valence-corrected chi connectivity index (χ0v) is 22.6. The molecule has 34 heavy (non-hydrogen) atoms. The van der Waals surface area contributed by atoms with Crippen molar-refractivity contribution < 1.29 is 9.13 Å². The van der Waals surface area contributed by atoms with E-state index in [1.165, 1.54) is 89.9 Å². The molecular formula is C31H48ClFO. The summed E-state index contributed by atoms with van der Waals surface area (Å²) in [5.74, 6) is 5.73. The van der Waals surface area contributed by atoms with E-state index in [0.29, 0.717) is 6.61 Å². The highest BCUT2D eigenvalue weighted by Gasteiger charge is 2.34. The summed E-state index contributed by atoms with van der Waals surface area (Å²) in [6.07, 6.45) is 22.4. The van der Waals surface area contributed by atoms with Crippen molar-refractivity contribution >= 4 is 11.6 Å². The summed E-state index contributed by atoms with van der Waals surface area (Å²) < 4.78 is 19.7. The molecule has 192 valence electrons. The third-order valence-corrected chi connectivity index (χ3v) is 10.3. The molecule has 0 heterocycles. The molecule has 0 N–H and O–H groups in total. The molecule has 0 aromatic heterocycles. The van der Waals surface area contributed by atoms with Crippen LogP contribution in [0.5, 0.6) is 5.75 Å². The van der Waals surface area contributed by atoms with Gasteiger partial charge in [0.05, 0.1) is 11.6 Å². The molecule has 0 spiro atoms. The zero-order valence-electron chi connectivity index (χ0n) is 21.8. The van der Waals surface area contributed by atoms with Gasteiger partial charge in [-0.25, -0.2) is 4.39 Å². The van der Waals surface area contributed by atoms with Crippen molar-refractivity contribution in [3.63, 3.8) is 0 Å². The molecule has 0 atom stereocenters. The Kier molecular flexibility index (Phi) is 10.0. The molecule has 3 aliphatic rings. The molecule has 0 unspecified atom stereocenters. The van der Waals surface area contributed by atoms with Crippen LogP contribution in [0.3, 0.4) is 0 Å². The van der Waals surface area contributed by atoms with Crippen LogP contribution in [0, 0.1) is 41.3 Å². The van der Waals surface area contributed by atoms with Gasteiger partial charge in [0.2, 0.25) is 0 Å². The molecule has 1 aromatic rings. The third kappa shape index (κ3) is 6.71. The van der Waals surface area contributed by atoms with E-state index in [1.807, 2.05) is 13.0 Å². The van der Waals surface area contributed by atoms with Gasteiger partial charge >= 0.3 is 0 Å². The van der Waals surface area contributed by atoms with Gasteiger partial charge in [0.15, 0.2) is 11.6 Å². The number of aryl methyl sites for hydroxylation is 1. The van der Waals surface area contributed by atoms with Crippen LogP contribution in [-0.2, 0) is 6.42 Å². The van der Waals surface area contributed by atoms with Crippen molar-refractivity contribution in [1.82, 2.24) is 0 Å². The summed E-state index contributed by atoms with van der Waals surface area (Å²) in [6.45, 7) is 4.67. The molecule has 1 aromatic carbocycles. The van der Waals surface area contributed by atoms with Crippen LogP contribution < -0.4 is 4.74 Å². The van der Waals surface area contributed by atoms with E-state index in [-0.39, 0.29) is 10.8 Å². The van der Waals surface area contributed by atoms with Crippen LogP contribution in [0.15, 0.2) is 12.1 Å². The average Bonchev–Trinajstić information content (AvgIpc) is 2.88. The van der Waals surface area contributed by atoms with Crippen molar-refractivity contribution in [2.24, 2.45) is 35.5 Å². The fourth-order valence-corrected chi connectivity index (χ4v) is 8.03. The van der Waals surface area contributed by atoms with Crippen molar-refractivity contribution in [2.45, 2.75) is 117 Å². The Bertz CT molecular complexity index is 740. The molecule has 3 heteroatoms. The van der Waals surface area contributed by atoms with Gasteiger partial charge in [-0.2, -0.15) is 0 Å². The molecule has 1 nitrogen and oxygen atoms in total. The van der Waals surface area contributed by atoms with Crippen LogP contribution in [0.1, 0.15) is 116 Å². The quantitative estimate of drug-likeness (QED) is 0.334. The Hall–Kier alpha value is -0.760. The number of hydrogen-bond donors (Lipinski definition) is 0. The van der Waals surface area contributed by atoms with Gasteiger partial charge in [0.25, 0.3) is 0 Å². The molecule has 4 rings (SSSR count). The Morgan fingerprint density at radius 1 is 0.735 bits per heavy atom. The van der Waals surface area contributed by atoms with Gasteiger partial charge in [-0.1, -0.05) is 63.1 Å². The van der Waals surface area contributed by atoms with E-state index in [0.717, 1.165) is 53.9 Å². The third-order valence-electron chi connectivity index (χ3n) is 9.88. The molecule has 0 saturated heterocycles. The van der Waals surface area contributed by atoms with Gasteiger partial charge < -0.3 is 4.74 Å². The number of rotatable bonds is 9. The van der Waals surface area contributed by atoms with Crippen molar-refractivity contribution in [3.8, 4) is 5.75 Å². The Balaban J connectivity index is 1.16. The molecule has 3 aliphatic carbocycles. The number of ether oxygens (including phenoxy) is 1. The Morgan fingerprint density at radius 2 is 1.21 bits per heavy atom. The zero-order chi connectivity index (χ0) is 23.9. The van der Waals surface area contributed by atoms with Gasteiger partial charge in [-0.3, -0.25) is 0 Å². The van der Waals surface area contributed by atoms with Crippen molar-refractivity contribution in [3.05, 3.63) is 28.5 Å². The summed E-state index contributed by atoms with van der Waals surface area (Å²) in [5, 5.41) is 0.259. The van der Waals surface area contributed by atoms with Crippen LogP contribution in [-0.4, -0.2) is 6.61 Å². The molecule has 3 fully saturated rings. The highest BCUT2D eigenvalue weighted by molar-refractivity contribution is 6.31. The minimum absolute atomic E-state index is 0.259. The van der Waals surface area contributed by atoms with E-state index >= 15 is 0 Å². The summed E-state index contributed by atoms with van der Waals surface area (Å²) >= 11 is 6.31. The van der Waals surface area contributed by atoms with Crippen LogP contribution in [0.2, 0.25) is 5.02 Å². The number of halogens is 2. The second kappa shape index (κ2) is 13.0. The highest BCUT2D eigenvalue weighted by Crippen LogP contribution is 2.46. The molecule has 3 saturated carbocycles. The maximum Gasteiger partial charge on any atom is 0.183 e. The predicted octanol–water partition coefficient (Wildman–Crippen LogP) is 10.0. The van der Waals surface area contributed by atoms with Crippen molar-refractivity contribution in [1.29, 1.82) is 0 Å². The fourth-order valence-electron chi connectivity index (χ4n) is 7.78. The van der Waals surface area contributed by atoms with Crippen LogP contribution >= 0.6 is 11.6 Å². The molecule has 0 radical (unpaired) electrons. The first-order valence-corrected chi connectivity index (χ1v) is 15.1. The first-order chi connectivity index (χ1) is 16.6. The lowest BCUT2D eigenvalue weighted by Gasteiger charge is -2.41. The Labute approximate surface area is 213 Å². The lowest BCUT2D eigenvalue weighted by molar-refractivity contribution is 0.102. The largest absolute Gasteiger partial charge is 0.491 e. The van der Waals surface area contributed by atoms with Gasteiger partial charge in [-0.05, 0) is 118 Å². The van der Waals surface area contributed by atoms with Gasteiger partial charge in [-0.15, -0.1) is 0 Å². The second-order valence-electron chi connectivity index (χ2n) is 11.8. The summed E-state index contributed by atoms with van der Waals surface area (Å²) in [7, 11) is 0. The van der Waals surface area contributed by atoms with E-state index in [4.69, 9.17) is 16.3 Å². The lowest BCUT2D eigenvalue weighted by atomic mass is 9.64. The molecule has 0 amide bonds. The van der Waals surface area contributed by atoms with E-state index in [1.54, 1.807) is 6.07 Å². The van der Waals surface area contributed by atoms with Crippen LogP contribution in [0.25, 0.3) is 0 Å². The van der Waals surface area contributed by atoms with E-state index in [2.05, 4.69) is 6.92 Å². The average molecular weight is 491 g/mol.